The van der Waals surface area contributed by atoms with E-state index in [4.69, 9.17) is 4.74 Å². The Morgan fingerprint density at radius 1 is 1.40 bits per heavy atom. The zero-order valence-electron chi connectivity index (χ0n) is 12.4. The number of benzene rings is 1. The van der Waals surface area contributed by atoms with Crippen LogP contribution >= 0.6 is 0 Å². The summed E-state index contributed by atoms with van der Waals surface area (Å²) in [6, 6.07) is 7.74. The van der Waals surface area contributed by atoms with Gasteiger partial charge < -0.3 is 15.0 Å². The summed E-state index contributed by atoms with van der Waals surface area (Å²) in [4.78, 5) is 14.2. The molecule has 1 unspecified atom stereocenters. The lowest BCUT2D eigenvalue weighted by molar-refractivity contribution is 0.0536. The Hall–Kier alpha value is -1.55. The molecule has 1 aromatic rings. The molecular formula is C16H24N2O2. The normalized spacial score (nSPS) is 18.6. The molecular weight excluding hydrogens is 252 g/mol. The molecule has 0 aliphatic carbocycles. The fourth-order valence-electron chi connectivity index (χ4n) is 2.36. The lowest BCUT2D eigenvalue weighted by Crippen LogP contribution is -2.33. The number of nitrogens with one attached hydrogen (secondary N) is 1. The molecule has 20 heavy (non-hydrogen) atoms. The highest BCUT2D eigenvalue weighted by Crippen LogP contribution is 2.15. The van der Waals surface area contributed by atoms with Crippen LogP contribution in [0.2, 0.25) is 0 Å². The molecule has 110 valence electrons. The highest BCUT2D eigenvalue weighted by Gasteiger charge is 2.15. The summed E-state index contributed by atoms with van der Waals surface area (Å²) in [5.41, 5.74) is 1.85. The number of rotatable bonds is 5. The fraction of sp³-hybridized carbons (Fsp3) is 0.562. The van der Waals surface area contributed by atoms with E-state index >= 15 is 0 Å². The van der Waals surface area contributed by atoms with E-state index in [2.05, 4.69) is 17.1 Å². The van der Waals surface area contributed by atoms with Crippen molar-refractivity contribution in [2.45, 2.75) is 19.8 Å². The highest BCUT2D eigenvalue weighted by molar-refractivity contribution is 5.94. The predicted octanol–water partition coefficient (Wildman–Crippen LogP) is 2.30. The highest BCUT2D eigenvalue weighted by atomic mass is 16.5. The summed E-state index contributed by atoms with van der Waals surface area (Å²) < 4.78 is 5.42. The first-order valence-corrected chi connectivity index (χ1v) is 7.38. The number of ether oxygens (including phenoxy) is 1. The van der Waals surface area contributed by atoms with Crippen molar-refractivity contribution in [3.63, 3.8) is 0 Å². The summed E-state index contributed by atoms with van der Waals surface area (Å²) in [6.45, 7) is 5.38. The molecule has 1 aromatic carbocycles. The number of carbonyl (C=O) groups excluding carboxylic acids is 1. The van der Waals surface area contributed by atoms with Gasteiger partial charge in [-0.05, 0) is 49.9 Å². The number of hydrogen-bond donors (Lipinski definition) is 1. The van der Waals surface area contributed by atoms with Gasteiger partial charge in [-0.3, -0.25) is 4.79 Å². The first kappa shape index (κ1) is 14.9. The minimum atomic E-state index is 0.00118. The number of carbonyl (C=O) groups is 1. The van der Waals surface area contributed by atoms with Crippen LogP contribution in [0.4, 0.5) is 5.69 Å². The Morgan fingerprint density at radius 2 is 2.15 bits per heavy atom. The molecule has 0 bridgehead atoms. The van der Waals surface area contributed by atoms with E-state index in [1.807, 2.05) is 31.3 Å². The lowest BCUT2D eigenvalue weighted by Gasteiger charge is -2.22. The minimum absolute atomic E-state index is 0.00118. The molecule has 4 nitrogen and oxygen atoms in total. The maximum absolute atomic E-state index is 12.1. The van der Waals surface area contributed by atoms with Gasteiger partial charge in [0.2, 0.25) is 0 Å². The van der Waals surface area contributed by atoms with Crippen LogP contribution in [0.5, 0.6) is 0 Å². The first-order chi connectivity index (χ1) is 9.70. The number of amides is 1. The summed E-state index contributed by atoms with van der Waals surface area (Å²) in [5, 5.41) is 3.00. The summed E-state index contributed by atoms with van der Waals surface area (Å²) in [6.07, 6.45) is 2.24. The Bertz CT molecular complexity index is 425. The smallest absolute Gasteiger partial charge is 0.251 e. The topological polar surface area (TPSA) is 41.6 Å². The lowest BCUT2D eigenvalue weighted by atomic mass is 10.0. The summed E-state index contributed by atoms with van der Waals surface area (Å²) >= 11 is 0. The van der Waals surface area contributed by atoms with Gasteiger partial charge in [-0.1, -0.05) is 0 Å². The number of nitrogens with zero attached hydrogens (tertiary/aromatic N) is 1. The zero-order valence-corrected chi connectivity index (χ0v) is 12.4. The van der Waals surface area contributed by atoms with E-state index < -0.39 is 0 Å². The predicted molar refractivity (Wildman–Crippen MR) is 81.3 cm³/mol. The van der Waals surface area contributed by atoms with Gasteiger partial charge >= 0.3 is 0 Å². The SMILES string of the molecule is CCN(C)c1ccc(C(=O)NCC2CCCOC2)cc1. The minimum Gasteiger partial charge on any atom is -0.381 e. The maximum Gasteiger partial charge on any atom is 0.251 e. The second-order valence-corrected chi connectivity index (χ2v) is 5.35. The van der Waals surface area contributed by atoms with Crippen LogP contribution in [0.3, 0.4) is 0 Å². The van der Waals surface area contributed by atoms with Crippen molar-refractivity contribution in [3.8, 4) is 0 Å². The van der Waals surface area contributed by atoms with Crippen molar-refractivity contribution >= 4 is 11.6 Å². The molecule has 1 atom stereocenters. The third kappa shape index (κ3) is 3.97. The summed E-state index contributed by atoms with van der Waals surface area (Å²) in [7, 11) is 2.04. The van der Waals surface area contributed by atoms with Gasteiger partial charge in [-0.25, -0.2) is 0 Å². The quantitative estimate of drug-likeness (QED) is 0.897. The molecule has 1 aliphatic rings. The van der Waals surface area contributed by atoms with Crippen LogP contribution in [-0.4, -0.2) is 39.3 Å². The van der Waals surface area contributed by atoms with Crippen molar-refractivity contribution in [2.75, 3.05) is 38.3 Å². The molecule has 1 heterocycles. The second-order valence-electron chi connectivity index (χ2n) is 5.35. The van der Waals surface area contributed by atoms with Crippen molar-refractivity contribution < 1.29 is 9.53 Å². The van der Waals surface area contributed by atoms with Gasteiger partial charge in [0.05, 0.1) is 6.61 Å². The molecule has 0 radical (unpaired) electrons. The Kier molecular flexibility index (Phi) is 5.41. The van der Waals surface area contributed by atoms with Gasteiger partial charge in [-0.15, -0.1) is 0 Å². The Labute approximate surface area is 121 Å². The van der Waals surface area contributed by atoms with Crippen LogP contribution in [0, 0.1) is 5.92 Å². The van der Waals surface area contributed by atoms with Crippen LogP contribution < -0.4 is 10.2 Å². The van der Waals surface area contributed by atoms with Gasteiger partial charge in [0.15, 0.2) is 0 Å². The molecule has 0 spiro atoms. The van der Waals surface area contributed by atoms with E-state index in [0.717, 1.165) is 43.9 Å². The van der Waals surface area contributed by atoms with E-state index in [0.29, 0.717) is 12.5 Å². The third-order valence-electron chi connectivity index (χ3n) is 3.85. The third-order valence-corrected chi connectivity index (χ3v) is 3.85. The van der Waals surface area contributed by atoms with Crippen molar-refractivity contribution in [1.82, 2.24) is 5.32 Å². The van der Waals surface area contributed by atoms with Crippen molar-refractivity contribution in [2.24, 2.45) is 5.92 Å². The second kappa shape index (κ2) is 7.29. The monoisotopic (exact) mass is 276 g/mol. The molecule has 0 aromatic heterocycles. The average Bonchev–Trinajstić information content (AvgIpc) is 2.53. The van der Waals surface area contributed by atoms with Crippen molar-refractivity contribution in [3.05, 3.63) is 29.8 Å². The summed E-state index contributed by atoms with van der Waals surface area (Å²) in [5.74, 6) is 0.458. The van der Waals surface area contributed by atoms with Gasteiger partial charge in [0, 0.05) is 38.0 Å². The number of hydrogen-bond acceptors (Lipinski definition) is 3. The van der Waals surface area contributed by atoms with Crippen molar-refractivity contribution in [1.29, 1.82) is 0 Å². The van der Waals surface area contributed by atoms with Crippen LogP contribution in [-0.2, 0) is 4.74 Å². The fourth-order valence-corrected chi connectivity index (χ4v) is 2.36. The molecule has 1 N–H and O–H groups in total. The molecule has 1 amide bonds. The standard InChI is InChI=1S/C16H24N2O2/c1-3-18(2)15-8-6-14(7-9-15)16(19)17-11-13-5-4-10-20-12-13/h6-9,13H,3-5,10-12H2,1-2H3,(H,17,19). The Morgan fingerprint density at radius 3 is 2.75 bits per heavy atom. The number of anilines is 1. The molecule has 4 heteroatoms. The molecule has 1 saturated heterocycles. The molecule has 2 rings (SSSR count). The van der Waals surface area contributed by atoms with Crippen LogP contribution in [0.1, 0.15) is 30.1 Å². The van der Waals surface area contributed by atoms with Crippen LogP contribution in [0.25, 0.3) is 0 Å². The Balaban J connectivity index is 1.85. The van der Waals surface area contributed by atoms with E-state index in [-0.39, 0.29) is 5.91 Å². The maximum atomic E-state index is 12.1. The van der Waals surface area contributed by atoms with E-state index in [1.54, 1.807) is 0 Å². The van der Waals surface area contributed by atoms with E-state index in [1.165, 1.54) is 0 Å². The average molecular weight is 276 g/mol. The van der Waals surface area contributed by atoms with Gasteiger partial charge in [0.25, 0.3) is 5.91 Å². The zero-order chi connectivity index (χ0) is 14.4. The van der Waals surface area contributed by atoms with Gasteiger partial charge in [-0.2, -0.15) is 0 Å². The van der Waals surface area contributed by atoms with Gasteiger partial charge in [0.1, 0.15) is 0 Å². The molecule has 1 fully saturated rings. The first-order valence-electron chi connectivity index (χ1n) is 7.38. The molecule has 1 aliphatic heterocycles. The van der Waals surface area contributed by atoms with E-state index in [9.17, 15) is 4.79 Å². The molecule has 0 saturated carbocycles. The largest absolute Gasteiger partial charge is 0.381 e. The van der Waals surface area contributed by atoms with Crippen LogP contribution in [0.15, 0.2) is 24.3 Å².